The van der Waals surface area contributed by atoms with Crippen molar-refractivity contribution in [1.82, 2.24) is 4.90 Å². The Morgan fingerprint density at radius 3 is 2.56 bits per heavy atom. The van der Waals surface area contributed by atoms with Gasteiger partial charge in [-0.2, -0.15) is 0 Å². The van der Waals surface area contributed by atoms with Crippen LogP contribution in [-0.2, 0) is 0 Å². The average molecular weight is 148 g/mol. The third-order valence-corrected chi connectivity index (χ3v) is 1.39. The van der Waals surface area contributed by atoms with Crippen molar-refractivity contribution < 1.29 is 0 Å². The molecule has 0 rings (SSSR count). The molecular weight excluding hydrogens is 134 g/mol. The second kappa shape index (κ2) is 6.12. The van der Waals surface area contributed by atoms with E-state index >= 15 is 0 Å². The number of alkyl halides is 1. The van der Waals surface area contributed by atoms with Crippen LogP contribution < -0.4 is 0 Å². The Labute approximate surface area is 62.3 Å². The third-order valence-electron chi connectivity index (χ3n) is 1.21. The van der Waals surface area contributed by atoms with E-state index in [0.717, 1.165) is 13.1 Å². The molecule has 0 atom stereocenters. The van der Waals surface area contributed by atoms with Crippen molar-refractivity contribution >= 4 is 11.6 Å². The van der Waals surface area contributed by atoms with Crippen LogP contribution in [0.5, 0.6) is 0 Å². The summed E-state index contributed by atoms with van der Waals surface area (Å²) in [5.74, 6) is 0.623. The van der Waals surface area contributed by atoms with Gasteiger partial charge in [0.15, 0.2) is 0 Å². The predicted molar refractivity (Wildman–Crippen MR) is 43.0 cm³/mol. The quantitative estimate of drug-likeness (QED) is 0.433. The Hall–Kier alpha value is -0.0100. The van der Waals surface area contributed by atoms with Crippen LogP contribution in [0, 0.1) is 0 Å². The number of hydrogen-bond donors (Lipinski definition) is 0. The van der Waals surface area contributed by atoms with Gasteiger partial charge in [-0.3, -0.25) is 0 Å². The smallest absolute Gasteiger partial charge is 0.0404 e. The molecule has 0 aromatic heterocycles. The van der Waals surface area contributed by atoms with Gasteiger partial charge in [0.05, 0.1) is 0 Å². The summed E-state index contributed by atoms with van der Waals surface area (Å²) in [6.45, 7) is 4.23. The lowest BCUT2D eigenvalue weighted by atomic mass is 10.5. The lowest BCUT2D eigenvalue weighted by molar-refractivity contribution is 0.392. The summed E-state index contributed by atoms with van der Waals surface area (Å²) in [6.07, 6.45) is 4.05. The monoisotopic (exact) mass is 147 g/mol. The zero-order valence-electron chi connectivity index (χ0n) is 6.10. The lowest BCUT2D eigenvalue weighted by Gasteiger charge is -2.08. The topological polar surface area (TPSA) is 3.24 Å². The summed E-state index contributed by atoms with van der Waals surface area (Å²) < 4.78 is 0. The number of rotatable bonds is 4. The molecule has 0 saturated heterocycles. The van der Waals surface area contributed by atoms with E-state index in [1.807, 2.05) is 6.08 Å². The van der Waals surface area contributed by atoms with Gasteiger partial charge >= 0.3 is 0 Å². The highest BCUT2D eigenvalue weighted by Crippen LogP contribution is 1.83. The number of nitrogens with zero attached hydrogens (tertiary/aromatic N) is 1. The molecule has 9 heavy (non-hydrogen) atoms. The van der Waals surface area contributed by atoms with Crippen LogP contribution >= 0.6 is 11.6 Å². The van der Waals surface area contributed by atoms with Crippen molar-refractivity contribution in [2.45, 2.75) is 6.92 Å². The van der Waals surface area contributed by atoms with Crippen LogP contribution in [0.1, 0.15) is 6.92 Å². The summed E-state index contributed by atoms with van der Waals surface area (Å²) in [7, 11) is 2.08. The number of allylic oxidation sites excluding steroid dienone is 1. The Bertz CT molecular complexity index is 81.0. The van der Waals surface area contributed by atoms with Gasteiger partial charge in [-0.15, -0.1) is 11.6 Å². The molecule has 0 heterocycles. The first-order valence-electron chi connectivity index (χ1n) is 3.20. The molecule has 1 nitrogen and oxygen atoms in total. The van der Waals surface area contributed by atoms with Gasteiger partial charge in [0.2, 0.25) is 0 Å². The van der Waals surface area contributed by atoms with Gasteiger partial charge in [-0.25, -0.2) is 0 Å². The van der Waals surface area contributed by atoms with E-state index in [-0.39, 0.29) is 0 Å². The summed E-state index contributed by atoms with van der Waals surface area (Å²) >= 11 is 5.42. The van der Waals surface area contributed by atoms with Crippen molar-refractivity contribution in [1.29, 1.82) is 0 Å². The molecule has 0 aromatic rings. The fourth-order valence-electron chi connectivity index (χ4n) is 0.447. The van der Waals surface area contributed by atoms with E-state index in [2.05, 4.69) is 24.9 Å². The molecule has 0 fully saturated rings. The van der Waals surface area contributed by atoms with E-state index in [9.17, 15) is 0 Å². The minimum absolute atomic E-state index is 0.623. The van der Waals surface area contributed by atoms with E-state index in [1.54, 1.807) is 0 Å². The zero-order valence-corrected chi connectivity index (χ0v) is 6.86. The van der Waals surface area contributed by atoms with Gasteiger partial charge in [-0.1, -0.05) is 19.1 Å². The highest BCUT2D eigenvalue weighted by molar-refractivity contribution is 6.18. The van der Waals surface area contributed by atoms with Gasteiger partial charge < -0.3 is 4.90 Å². The minimum atomic E-state index is 0.623. The van der Waals surface area contributed by atoms with E-state index in [4.69, 9.17) is 11.6 Å². The van der Waals surface area contributed by atoms with Crippen LogP contribution in [0.4, 0.5) is 0 Å². The molecule has 0 unspecified atom stereocenters. The third kappa shape index (κ3) is 5.87. The molecule has 0 saturated carbocycles. The van der Waals surface area contributed by atoms with E-state index in [1.165, 1.54) is 0 Å². The highest BCUT2D eigenvalue weighted by atomic mass is 35.5. The molecule has 0 N–H and O–H groups in total. The molecule has 2 heteroatoms. The maximum atomic E-state index is 5.42. The Balaban J connectivity index is 3.15. The maximum Gasteiger partial charge on any atom is 0.0404 e. The van der Waals surface area contributed by atoms with Crippen molar-refractivity contribution in [2.75, 3.05) is 26.0 Å². The summed E-state index contributed by atoms with van der Waals surface area (Å²) in [5.41, 5.74) is 0. The number of likely N-dealkylation sites (N-methyl/N-ethyl adjacent to an activating group) is 1. The van der Waals surface area contributed by atoms with Gasteiger partial charge in [0, 0.05) is 12.4 Å². The van der Waals surface area contributed by atoms with Crippen molar-refractivity contribution in [3.8, 4) is 0 Å². The predicted octanol–water partition coefficient (Wildman–Crippen LogP) is 1.73. The Morgan fingerprint density at radius 1 is 1.44 bits per heavy atom. The van der Waals surface area contributed by atoms with Crippen molar-refractivity contribution in [3.63, 3.8) is 0 Å². The molecule has 0 aliphatic heterocycles. The van der Waals surface area contributed by atoms with Crippen LogP contribution in [0.3, 0.4) is 0 Å². The van der Waals surface area contributed by atoms with Crippen LogP contribution in [0.2, 0.25) is 0 Å². The first-order chi connectivity index (χ1) is 4.31. The van der Waals surface area contributed by atoms with Crippen LogP contribution in [0.15, 0.2) is 12.2 Å². The standard InChI is InChI=1S/C7H14ClN/c1-3-9(2)7-5-4-6-8/h4-5H,3,6-7H2,1-2H3/b5-4+. The van der Waals surface area contributed by atoms with Crippen LogP contribution in [-0.4, -0.2) is 30.9 Å². The summed E-state index contributed by atoms with van der Waals surface area (Å²) in [6, 6.07) is 0. The largest absolute Gasteiger partial charge is 0.303 e. The second-order valence-electron chi connectivity index (χ2n) is 1.98. The molecule has 54 valence electrons. The first-order valence-corrected chi connectivity index (χ1v) is 3.74. The molecule has 0 aromatic carbocycles. The molecule has 0 amide bonds. The number of hydrogen-bond acceptors (Lipinski definition) is 1. The van der Waals surface area contributed by atoms with Gasteiger partial charge in [0.1, 0.15) is 0 Å². The Morgan fingerprint density at radius 2 is 2.11 bits per heavy atom. The van der Waals surface area contributed by atoms with E-state index < -0.39 is 0 Å². The lowest BCUT2D eigenvalue weighted by Crippen LogP contribution is -2.16. The molecule has 0 aliphatic carbocycles. The van der Waals surface area contributed by atoms with Crippen molar-refractivity contribution in [2.24, 2.45) is 0 Å². The Kier molecular flexibility index (Phi) is 6.11. The average Bonchev–Trinajstić information content (AvgIpc) is 1.89. The maximum absolute atomic E-state index is 5.42. The van der Waals surface area contributed by atoms with Gasteiger partial charge in [0.25, 0.3) is 0 Å². The van der Waals surface area contributed by atoms with Crippen molar-refractivity contribution in [3.05, 3.63) is 12.2 Å². The normalized spacial score (nSPS) is 11.6. The van der Waals surface area contributed by atoms with Crippen LogP contribution in [0.25, 0.3) is 0 Å². The second-order valence-corrected chi connectivity index (χ2v) is 2.29. The SMILES string of the molecule is CCN(C)C/C=C/CCl. The fourth-order valence-corrected chi connectivity index (χ4v) is 0.573. The van der Waals surface area contributed by atoms with Gasteiger partial charge in [-0.05, 0) is 13.6 Å². The minimum Gasteiger partial charge on any atom is -0.303 e. The highest BCUT2D eigenvalue weighted by Gasteiger charge is 1.85. The number of halogens is 1. The fraction of sp³-hybridized carbons (Fsp3) is 0.714. The molecular formula is C7H14ClN. The zero-order chi connectivity index (χ0) is 7.11. The molecule has 0 bridgehead atoms. The van der Waals surface area contributed by atoms with E-state index in [0.29, 0.717) is 5.88 Å². The summed E-state index contributed by atoms with van der Waals surface area (Å²) in [5, 5.41) is 0. The molecule has 0 spiro atoms. The molecule has 0 aliphatic rings. The summed E-state index contributed by atoms with van der Waals surface area (Å²) in [4.78, 5) is 2.21. The first kappa shape index (κ1) is 8.99. The molecule has 0 radical (unpaired) electrons.